The summed E-state index contributed by atoms with van der Waals surface area (Å²) in [5, 5.41) is 9.56. The van der Waals surface area contributed by atoms with Gasteiger partial charge in [0.15, 0.2) is 0 Å². The van der Waals surface area contributed by atoms with Crippen LogP contribution < -0.4 is 0 Å². The van der Waals surface area contributed by atoms with Gasteiger partial charge in [-0.05, 0) is 33.0 Å². The molecule has 6 rings (SSSR count). The lowest BCUT2D eigenvalue weighted by Crippen LogP contribution is -2.45. The summed E-state index contributed by atoms with van der Waals surface area (Å²) in [5.41, 5.74) is 6.84. The van der Waals surface area contributed by atoms with Gasteiger partial charge in [-0.15, -0.1) is 0 Å². The zero-order chi connectivity index (χ0) is 20.6. The average Bonchev–Trinajstić information content (AvgIpc) is 3.18. The summed E-state index contributed by atoms with van der Waals surface area (Å²) in [4.78, 5) is 2.62. The van der Waals surface area contributed by atoms with Crippen LogP contribution in [-0.4, -0.2) is 42.3 Å². The summed E-state index contributed by atoms with van der Waals surface area (Å²) in [5.74, 6) is 0. The highest BCUT2D eigenvalue weighted by Gasteiger charge is 2.33. The van der Waals surface area contributed by atoms with Gasteiger partial charge in [-0.1, -0.05) is 91.0 Å². The molecular formula is C28H25N3. The van der Waals surface area contributed by atoms with E-state index in [2.05, 4.69) is 101 Å². The van der Waals surface area contributed by atoms with Gasteiger partial charge in [-0.2, -0.15) is 5.10 Å². The van der Waals surface area contributed by atoms with Crippen LogP contribution in [0.2, 0.25) is 0 Å². The minimum absolute atomic E-state index is 0.358. The second-order valence-corrected chi connectivity index (χ2v) is 8.38. The third-order valence-electron chi connectivity index (χ3n) is 6.64. The van der Waals surface area contributed by atoms with Crippen molar-refractivity contribution in [1.29, 1.82) is 0 Å². The summed E-state index contributed by atoms with van der Waals surface area (Å²) >= 11 is 0. The molecule has 3 heteroatoms. The topological polar surface area (TPSA) is 18.8 Å². The van der Waals surface area contributed by atoms with Gasteiger partial charge in [-0.3, -0.25) is 9.91 Å². The number of rotatable bonds is 3. The quantitative estimate of drug-likeness (QED) is 0.417. The molecule has 0 radical (unpaired) electrons. The van der Waals surface area contributed by atoms with E-state index in [1.165, 1.54) is 38.6 Å². The number of hydrazone groups is 1. The molecule has 4 aromatic rings. The highest BCUT2D eigenvalue weighted by molar-refractivity contribution is 5.99. The van der Waals surface area contributed by atoms with Crippen LogP contribution in [0.25, 0.3) is 21.9 Å². The maximum atomic E-state index is 4.83. The molecule has 4 aromatic carbocycles. The molecular weight excluding hydrogens is 378 g/mol. The Kier molecular flexibility index (Phi) is 4.54. The lowest BCUT2D eigenvalue weighted by Gasteiger charge is -2.37. The maximum absolute atomic E-state index is 4.83. The number of piperazine rings is 1. The average molecular weight is 404 g/mol. The zero-order valence-corrected chi connectivity index (χ0v) is 17.5. The maximum Gasteiger partial charge on any atom is 0.0615 e. The van der Waals surface area contributed by atoms with E-state index in [0.29, 0.717) is 6.04 Å². The van der Waals surface area contributed by atoms with E-state index in [1.807, 2.05) is 6.21 Å². The van der Waals surface area contributed by atoms with E-state index in [4.69, 9.17) is 5.10 Å². The van der Waals surface area contributed by atoms with E-state index >= 15 is 0 Å². The van der Waals surface area contributed by atoms with Crippen molar-refractivity contribution in [2.24, 2.45) is 5.10 Å². The highest BCUT2D eigenvalue weighted by atomic mass is 15.5. The molecule has 1 aliphatic heterocycles. The van der Waals surface area contributed by atoms with E-state index in [9.17, 15) is 0 Å². The van der Waals surface area contributed by atoms with Crippen molar-refractivity contribution in [3.05, 3.63) is 108 Å². The normalized spacial score (nSPS) is 16.7. The van der Waals surface area contributed by atoms with Crippen molar-refractivity contribution in [1.82, 2.24) is 9.91 Å². The third kappa shape index (κ3) is 3.22. The van der Waals surface area contributed by atoms with Crippen molar-refractivity contribution >= 4 is 17.0 Å². The summed E-state index contributed by atoms with van der Waals surface area (Å²) in [6, 6.07) is 33.0. The summed E-state index contributed by atoms with van der Waals surface area (Å²) in [6.07, 6.45) is 2.03. The molecule has 0 atom stereocenters. The lowest BCUT2D eigenvalue weighted by atomic mass is 10.0. The Bertz CT molecular complexity index is 1220. The molecule has 0 unspecified atom stereocenters. The second kappa shape index (κ2) is 7.68. The monoisotopic (exact) mass is 403 g/mol. The van der Waals surface area contributed by atoms with Gasteiger partial charge in [0.05, 0.1) is 12.3 Å². The van der Waals surface area contributed by atoms with Gasteiger partial charge in [0.2, 0.25) is 0 Å². The first-order chi connectivity index (χ1) is 15.4. The summed E-state index contributed by atoms with van der Waals surface area (Å²) in [7, 11) is 0. The fourth-order valence-electron chi connectivity index (χ4n) is 5.11. The lowest BCUT2D eigenvalue weighted by molar-refractivity contribution is 0.114. The number of hydrogen-bond donors (Lipinski definition) is 0. The molecule has 0 N–H and O–H groups in total. The third-order valence-corrected chi connectivity index (χ3v) is 6.64. The van der Waals surface area contributed by atoms with Crippen molar-refractivity contribution in [3.8, 4) is 11.1 Å². The molecule has 0 saturated carbocycles. The smallest absolute Gasteiger partial charge is 0.0615 e. The van der Waals surface area contributed by atoms with Crippen LogP contribution in [0, 0.1) is 0 Å². The molecule has 0 bridgehead atoms. The van der Waals surface area contributed by atoms with Gasteiger partial charge in [-0.25, -0.2) is 0 Å². The van der Waals surface area contributed by atoms with Crippen LogP contribution >= 0.6 is 0 Å². The highest BCUT2D eigenvalue weighted by Crippen LogP contribution is 2.46. The fraction of sp³-hybridized carbons (Fsp3) is 0.179. The second-order valence-electron chi connectivity index (χ2n) is 8.38. The van der Waals surface area contributed by atoms with Gasteiger partial charge < -0.3 is 0 Å². The zero-order valence-electron chi connectivity index (χ0n) is 17.5. The van der Waals surface area contributed by atoms with Gasteiger partial charge >= 0.3 is 0 Å². The first kappa shape index (κ1) is 18.3. The molecule has 0 amide bonds. The molecule has 31 heavy (non-hydrogen) atoms. The largest absolute Gasteiger partial charge is 0.294 e. The molecule has 3 nitrogen and oxygen atoms in total. The Morgan fingerprint density at radius 2 is 1.26 bits per heavy atom. The van der Waals surface area contributed by atoms with Crippen LogP contribution in [0.4, 0.5) is 0 Å². The van der Waals surface area contributed by atoms with E-state index in [-0.39, 0.29) is 0 Å². The molecule has 1 aliphatic carbocycles. The molecule has 0 spiro atoms. The molecule has 1 fully saturated rings. The fourth-order valence-corrected chi connectivity index (χ4v) is 5.11. The minimum Gasteiger partial charge on any atom is -0.294 e. The number of hydrogen-bond acceptors (Lipinski definition) is 3. The predicted octanol–water partition coefficient (Wildman–Crippen LogP) is 5.56. The van der Waals surface area contributed by atoms with Crippen LogP contribution in [0.3, 0.4) is 0 Å². The number of fused-ring (bicyclic) bond motifs is 4. The van der Waals surface area contributed by atoms with Crippen molar-refractivity contribution < 1.29 is 0 Å². The number of nitrogens with zero attached hydrogens (tertiary/aromatic N) is 3. The van der Waals surface area contributed by atoms with Crippen molar-refractivity contribution in [2.75, 3.05) is 26.2 Å². The predicted molar refractivity (Wildman–Crippen MR) is 128 cm³/mol. The first-order valence-corrected chi connectivity index (χ1v) is 11.1. The van der Waals surface area contributed by atoms with E-state index in [1.54, 1.807) is 0 Å². The molecule has 0 aromatic heterocycles. The summed E-state index contributed by atoms with van der Waals surface area (Å²) in [6.45, 7) is 3.92. The molecule has 1 saturated heterocycles. The molecule has 152 valence electrons. The van der Waals surface area contributed by atoms with Gasteiger partial charge in [0.25, 0.3) is 0 Å². The first-order valence-electron chi connectivity index (χ1n) is 11.1. The van der Waals surface area contributed by atoms with Gasteiger partial charge in [0, 0.05) is 31.7 Å². The SMILES string of the molecule is C(=NN1CCN(C2c3ccccc3-c3ccccc32)CC1)c1cccc2ccccc12. The van der Waals surface area contributed by atoms with Crippen LogP contribution in [0.1, 0.15) is 22.7 Å². The van der Waals surface area contributed by atoms with Crippen LogP contribution in [0.15, 0.2) is 96.1 Å². The van der Waals surface area contributed by atoms with E-state index in [0.717, 1.165) is 26.2 Å². The van der Waals surface area contributed by atoms with Gasteiger partial charge in [0.1, 0.15) is 0 Å². The van der Waals surface area contributed by atoms with Crippen molar-refractivity contribution in [2.45, 2.75) is 6.04 Å². The standard InChI is InChI=1S/C28H25N3/c1-2-11-23-21(8-1)9-7-10-22(23)20-29-31-18-16-30(17-19-31)28-26-14-5-3-12-24(26)25-13-4-6-15-27(25)28/h1-15,20,28H,16-19H2. The molecule has 2 aliphatic rings. The van der Waals surface area contributed by atoms with E-state index < -0.39 is 0 Å². The van der Waals surface area contributed by atoms with Crippen LogP contribution in [-0.2, 0) is 0 Å². The Morgan fingerprint density at radius 1 is 0.645 bits per heavy atom. The Hall–Kier alpha value is -3.43. The Balaban J connectivity index is 1.20. The Labute approximate surface area is 183 Å². The van der Waals surface area contributed by atoms with Crippen LogP contribution in [0.5, 0.6) is 0 Å². The minimum atomic E-state index is 0.358. The number of benzene rings is 4. The molecule has 1 heterocycles. The Morgan fingerprint density at radius 3 is 2.00 bits per heavy atom. The van der Waals surface area contributed by atoms with Crippen molar-refractivity contribution in [3.63, 3.8) is 0 Å². The summed E-state index contributed by atoms with van der Waals surface area (Å²) < 4.78 is 0.